The van der Waals surface area contributed by atoms with Crippen molar-refractivity contribution in [1.29, 1.82) is 0 Å². The van der Waals surface area contributed by atoms with Gasteiger partial charge in [-0.2, -0.15) is 0 Å². The lowest BCUT2D eigenvalue weighted by Crippen LogP contribution is -2.54. The Bertz CT molecular complexity index is 1070. The Balaban J connectivity index is 2.23. The highest BCUT2D eigenvalue weighted by molar-refractivity contribution is 7.62. The quantitative estimate of drug-likeness (QED) is 0.232. The second-order valence-corrected chi connectivity index (χ2v) is 15.4. The van der Waals surface area contributed by atoms with Gasteiger partial charge in [-0.15, -0.1) is 0 Å². The zero-order valence-corrected chi connectivity index (χ0v) is 26.3. The summed E-state index contributed by atoms with van der Waals surface area (Å²) in [6.45, 7) is 12.8. The van der Waals surface area contributed by atoms with Gasteiger partial charge in [0.1, 0.15) is 11.2 Å². The number of ether oxygens (including phenoxy) is 2. The van der Waals surface area contributed by atoms with E-state index < -0.39 is 41.9 Å². The first-order valence-corrected chi connectivity index (χ1v) is 15.8. The third-order valence-electron chi connectivity index (χ3n) is 6.33. The molecule has 1 N–H and O–H groups in total. The number of benzene rings is 1. The van der Waals surface area contributed by atoms with Gasteiger partial charge in [-0.1, -0.05) is 23.7 Å². The lowest BCUT2D eigenvalue weighted by molar-refractivity contribution is -0.141. The Hall–Kier alpha value is -2.13. The molecule has 1 aromatic carbocycles. The first-order chi connectivity index (χ1) is 18.4. The van der Waals surface area contributed by atoms with Crippen molar-refractivity contribution < 1.29 is 38.1 Å². The summed E-state index contributed by atoms with van der Waals surface area (Å²) in [4.78, 5) is 41.3. The molecule has 0 aliphatic carbocycles. The zero-order chi connectivity index (χ0) is 30.4. The van der Waals surface area contributed by atoms with Crippen molar-refractivity contribution in [2.24, 2.45) is 0 Å². The van der Waals surface area contributed by atoms with Crippen LogP contribution in [0.2, 0.25) is 5.02 Å². The molecule has 1 fully saturated rings. The molecule has 2 atom stereocenters. The molecule has 1 heterocycles. The van der Waals surface area contributed by atoms with Gasteiger partial charge in [-0.05, 0) is 85.4 Å². The van der Waals surface area contributed by atoms with E-state index in [4.69, 9.17) is 25.6 Å². The van der Waals surface area contributed by atoms with Gasteiger partial charge in [0.05, 0.1) is 6.61 Å². The van der Waals surface area contributed by atoms with Gasteiger partial charge < -0.3 is 19.1 Å². The third kappa shape index (κ3) is 9.47. The predicted molar refractivity (Wildman–Crippen MR) is 154 cm³/mol. The first-order valence-electron chi connectivity index (χ1n) is 13.6. The number of carboxylic acids is 1. The average Bonchev–Trinajstić information content (AvgIpc) is 2.78. The van der Waals surface area contributed by atoms with Crippen LogP contribution in [-0.4, -0.2) is 81.8 Å². The van der Waals surface area contributed by atoms with Gasteiger partial charge in [0.2, 0.25) is 7.37 Å². The molecular weight excluding hydrogens is 559 g/mol. The van der Waals surface area contributed by atoms with Crippen LogP contribution in [0.4, 0.5) is 9.59 Å². The van der Waals surface area contributed by atoms with Gasteiger partial charge in [0.15, 0.2) is 5.16 Å². The fourth-order valence-electron chi connectivity index (χ4n) is 4.62. The summed E-state index contributed by atoms with van der Waals surface area (Å²) in [6, 6.07) is 7.33. The number of amides is 2. The van der Waals surface area contributed by atoms with E-state index in [9.17, 15) is 24.1 Å². The molecule has 10 nitrogen and oxygen atoms in total. The summed E-state index contributed by atoms with van der Waals surface area (Å²) < 4.78 is 30.5. The normalized spacial score (nSPS) is 22.0. The summed E-state index contributed by atoms with van der Waals surface area (Å²) in [7, 11) is -3.58. The maximum Gasteiger partial charge on any atom is 0.419 e. The molecule has 226 valence electrons. The number of halogens is 1. The van der Waals surface area contributed by atoms with E-state index in [1.807, 2.05) is 23.1 Å². The molecule has 0 spiro atoms. The molecule has 2 amide bonds. The van der Waals surface area contributed by atoms with Gasteiger partial charge >= 0.3 is 18.2 Å². The van der Waals surface area contributed by atoms with Crippen LogP contribution in [0.5, 0.6) is 0 Å². The van der Waals surface area contributed by atoms with Crippen LogP contribution in [0.3, 0.4) is 0 Å². The molecule has 2 unspecified atom stereocenters. The van der Waals surface area contributed by atoms with Crippen LogP contribution in [0.15, 0.2) is 24.3 Å². The molecule has 1 saturated heterocycles. The van der Waals surface area contributed by atoms with Gasteiger partial charge in [-0.3, -0.25) is 14.3 Å². The fourth-order valence-corrected chi connectivity index (χ4v) is 7.80. The van der Waals surface area contributed by atoms with E-state index >= 15 is 0 Å². The second-order valence-electron chi connectivity index (χ2n) is 12.1. The smallest absolute Gasteiger partial charge is 0.419 e. The molecule has 0 bridgehead atoms. The number of nitrogens with zero attached hydrogens (tertiary/aromatic N) is 2. The molecule has 0 saturated carbocycles. The van der Waals surface area contributed by atoms with Crippen molar-refractivity contribution in [2.75, 3.05) is 32.4 Å². The lowest BCUT2D eigenvalue weighted by Gasteiger charge is -2.45. The minimum Gasteiger partial charge on any atom is -0.480 e. The molecule has 0 radical (unpaired) electrons. The van der Waals surface area contributed by atoms with Crippen molar-refractivity contribution in [3.63, 3.8) is 0 Å². The monoisotopic (exact) mass is 602 g/mol. The summed E-state index contributed by atoms with van der Waals surface area (Å²) >= 11 is 6.13. The predicted octanol–water partition coefficient (Wildman–Crippen LogP) is 6.64. The Morgan fingerprint density at radius 1 is 1.07 bits per heavy atom. The maximum absolute atomic E-state index is 14.0. The number of hydrogen-bond donors (Lipinski definition) is 1. The standard InChI is InChI=1S/C28H44ClN2O8P/c1-8-37-40(36)17-16-30(19-21-12-11-13-22(29)18-21)20-28(40,23(32)33)14-9-10-15-31(24(34)38-26(2,3)4)25(35)39-27(5,6)7/h11-13,18H,8-10,14-17,19-20H2,1-7H3,(H,32,33). The molecule has 1 aromatic rings. The number of unbranched alkanes of at least 4 members (excludes halogenated alkanes) is 1. The van der Waals surface area contributed by atoms with E-state index in [0.29, 0.717) is 18.1 Å². The van der Waals surface area contributed by atoms with Gasteiger partial charge in [-0.25, -0.2) is 14.5 Å². The molecular formula is C28H44ClN2O8P. The number of carboxylic acid groups (broad SMARTS) is 1. The topological polar surface area (TPSA) is 123 Å². The summed E-state index contributed by atoms with van der Waals surface area (Å²) in [5, 5.41) is 9.41. The fraction of sp³-hybridized carbons (Fsp3) is 0.679. The van der Waals surface area contributed by atoms with E-state index in [1.165, 1.54) is 0 Å². The van der Waals surface area contributed by atoms with Crippen molar-refractivity contribution in [2.45, 2.75) is 90.6 Å². The van der Waals surface area contributed by atoms with Crippen molar-refractivity contribution in [3.8, 4) is 0 Å². The van der Waals surface area contributed by atoms with Crippen LogP contribution in [0.1, 0.15) is 73.3 Å². The highest BCUT2D eigenvalue weighted by Gasteiger charge is 2.58. The van der Waals surface area contributed by atoms with Crippen molar-refractivity contribution in [1.82, 2.24) is 9.80 Å². The summed E-state index contributed by atoms with van der Waals surface area (Å²) in [5.74, 6) is -1.18. The van der Waals surface area contributed by atoms with E-state index in [-0.39, 0.29) is 45.1 Å². The van der Waals surface area contributed by atoms with Crippen LogP contribution in [0, 0.1) is 0 Å². The minimum atomic E-state index is -3.58. The molecule has 2 rings (SSSR count). The minimum absolute atomic E-state index is 0.0357. The van der Waals surface area contributed by atoms with E-state index in [1.54, 1.807) is 54.5 Å². The highest BCUT2D eigenvalue weighted by Crippen LogP contribution is 2.63. The first kappa shape index (κ1) is 34.1. The molecule has 1 aliphatic rings. The maximum atomic E-state index is 14.0. The van der Waals surface area contributed by atoms with Crippen LogP contribution in [0.25, 0.3) is 0 Å². The molecule has 40 heavy (non-hydrogen) atoms. The Morgan fingerprint density at radius 2 is 1.68 bits per heavy atom. The highest BCUT2D eigenvalue weighted by atomic mass is 35.5. The Morgan fingerprint density at radius 3 is 2.17 bits per heavy atom. The number of hydrogen-bond acceptors (Lipinski definition) is 8. The van der Waals surface area contributed by atoms with E-state index in [2.05, 4.69) is 0 Å². The lowest BCUT2D eigenvalue weighted by atomic mass is 9.99. The Kier molecular flexibility index (Phi) is 11.7. The van der Waals surface area contributed by atoms with Crippen LogP contribution < -0.4 is 0 Å². The largest absolute Gasteiger partial charge is 0.480 e. The molecule has 1 aliphatic heterocycles. The van der Waals surface area contributed by atoms with Gasteiger partial charge in [0.25, 0.3) is 0 Å². The summed E-state index contributed by atoms with van der Waals surface area (Å²) in [6.07, 6.45) is -1.01. The van der Waals surface area contributed by atoms with Crippen molar-refractivity contribution >= 4 is 37.1 Å². The number of carbonyl (C=O) groups is 3. The molecule has 12 heteroatoms. The Labute approximate surface area is 242 Å². The second kappa shape index (κ2) is 13.7. The SMILES string of the molecule is CCOP1(=O)CCN(Cc2cccc(Cl)c2)CC1(CCCCN(C(=O)OC(C)(C)C)C(=O)OC(C)(C)C)C(=O)O. The van der Waals surface area contributed by atoms with E-state index in [0.717, 1.165) is 10.5 Å². The number of carbonyl (C=O) groups excluding carboxylic acids is 2. The zero-order valence-electron chi connectivity index (χ0n) is 24.7. The number of aliphatic carboxylic acids is 1. The number of rotatable bonds is 10. The molecule has 0 aromatic heterocycles. The van der Waals surface area contributed by atoms with Crippen molar-refractivity contribution in [3.05, 3.63) is 34.9 Å². The third-order valence-corrected chi connectivity index (χ3v) is 9.89. The van der Waals surface area contributed by atoms with Gasteiger partial charge in [0, 0.05) is 37.4 Å². The van der Waals surface area contributed by atoms with Crippen LogP contribution >= 0.6 is 19.0 Å². The summed E-state index contributed by atoms with van der Waals surface area (Å²) in [5.41, 5.74) is -0.738. The van der Waals surface area contributed by atoms with Crippen LogP contribution in [-0.2, 0) is 29.9 Å². The number of imide groups is 1. The average molecular weight is 603 g/mol.